The van der Waals surface area contributed by atoms with E-state index in [0.717, 1.165) is 44.0 Å². The number of halogens is 1. The van der Waals surface area contributed by atoms with E-state index in [0.29, 0.717) is 11.4 Å². The van der Waals surface area contributed by atoms with E-state index in [-0.39, 0.29) is 0 Å². The summed E-state index contributed by atoms with van der Waals surface area (Å²) >= 11 is 5.95. The maximum absolute atomic E-state index is 5.95. The summed E-state index contributed by atoms with van der Waals surface area (Å²) in [6.45, 7) is 6.31. The van der Waals surface area contributed by atoms with Crippen LogP contribution in [0.15, 0.2) is 12.3 Å². The Balaban J connectivity index is 1.70. The Kier molecular flexibility index (Phi) is 4.46. The Morgan fingerprint density at radius 2 is 2.35 bits per heavy atom. The van der Waals surface area contributed by atoms with Gasteiger partial charge in [-0.15, -0.1) is 11.6 Å². The second kappa shape index (κ2) is 5.87. The van der Waals surface area contributed by atoms with Gasteiger partial charge in [0.2, 0.25) is 0 Å². The third-order valence-corrected chi connectivity index (χ3v) is 3.98. The van der Waals surface area contributed by atoms with Gasteiger partial charge in [0, 0.05) is 24.2 Å². The Morgan fingerprint density at radius 1 is 1.59 bits per heavy atom. The molecule has 1 aromatic heterocycles. The molecule has 0 aromatic carbocycles. The topological polar surface area (TPSA) is 29.9 Å². The minimum Gasteiger partial charge on any atom is -0.311 e. The summed E-state index contributed by atoms with van der Waals surface area (Å²) in [5.74, 6) is 0.772. The number of aromatic nitrogens is 2. The molecule has 0 saturated heterocycles. The van der Waals surface area contributed by atoms with Crippen molar-refractivity contribution in [3.05, 3.63) is 18.0 Å². The molecule has 1 unspecified atom stereocenters. The summed E-state index contributed by atoms with van der Waals surface area (Å²) in [5, 5.41) is 8.45. The molecule has 1 atom stereocenters. The minimum absolute atomic E-state index is 0.423. The molecule has 0 bridgehead atoms. The normalized spacial score (nSPS) is 25.6. The summed E-state index contributed by atoms with van der Waals surface area (Å²) < 4.78 is 2.05. The van der Waals surface area contributed by atoms with E-state index in [1.165, 1.54) is 0 Å². The molecule has 1 N–H and O–H groups in total. The van der Waals surface area contributed by atoms with Crippen molar-refractivity contribution in [1.29, 1.82) is 0 Å². The molecule has 1 fully saturated rings. The zero-order chi connectivity index (χ0) is 12.3. The molecule has 1 aromatic rings. The molecule has 0 aliphatic heterocycles. The standard InChI is InChI=1S/C13H22ClN3/c1-3-10(2)17-5-4-13(16-17)9-15-8-11-6-12(14)7-11/h4-5,10-12,15H,3,6-9H2,1-2H3. The van der Waals surface area contributed by atoms with E-state index in [9.17, 15) is 0 Å². The van der Waals surface area contributed by atoms with Crippen molar-refractivity contribution in [2.75, 3.05) is 6.54 Å². The van der Waals surface area contributed by atoms with E-state index in [4.69, 9.17) is 11.6 Å². The smallest absolute Gasteiger partial charge is 0.0762 e. The summed E-state index contributed by atoms with van der Waals surface area (Å²) in [7, 11) is 0. The average molecular weight is 256 g/mol. The molecule has 1 aliphatic carbocycles. The SMILES string of the molecule is CCC(C)n1ccc(CNCC2CC(Cl)C2)n1. The average Bonchev–Trinajstić information content (AvgIpc) is 2.74. The van der Waals surface area contributed by atoms with Crippen LogP contribution in [0.5, 0.6) is 0 Å². The molecule has 4 heteroatoms. The van der Waals surface area contributed by atoms with Gasteiger partial charge in [0.1, 0.15) is 0 Å². The van der Waals surface area contributed by atoms with Crippen LogP contribution >= 0.6 is 11.6 Å². The van der Waals surface area contributed by atoms with Gasteiger partial charge >= 0.3 is 0 Å². The monoisotopic (exact) mass is 255 g/mol. The second-order valence-corrected chi connectivity index (χ2v) is 5.73. The zero-order valence-electron chi connectivity index (χ0n) is 10.7. The van der Waals surface area contributed by atoms with E-state index in [1.54, 1.807) is 0 Å². The van der Waals surface area contributed by atoms with Gasteiger partial charge in [-0.05, 0) is 44.7 Å². The first kappa shape index (κ1) is 12.9. The Bertz CT molecular complexity index is 344. The van der Waals surface area contributed by atoms with Gasteiger partial charge < -0.3 is 5.32 Å². The molecule has 1 aliphatic rings. The van der Waals surface area contributed by atoms with Gasteiger partial charge in [0.15, 0.2) is 0 Å². The second-order valence-electron chi connectivity index (χ2n) is 5.11. The fourth-order valence-electron chi connectivity index (χ4n) is 2.13. The lowest BCUT2D eigenvalue weighted by Gasteiger charge is -2.30. The van der Waals surface area contributed by atoms with Crippen molar-refractivity contribution in [2.24, 2.45) is 5.92 Å². The van der Waals surface area contributed by atoms with Crippen molar-refractivity contribution in [2.45, 2.75) is 51.1 Å². The van der Waals surface area contributed by atoms with Gasteiger partial charge in [-0.1, -0.05) is 6.92 Å². The fourth-order valence-corrected chi connectivity index (χ4v) is 2.63. The van der Waals surface area contributed by atoms with Crippen LogP contribution in [-0.2, 0) is 6.54 Å². The van der Waals surface area contributed by atoms with Crippen LogP contribution in [0.4, 0.5) is 0 Å². The molecule has 17 heavy (non-hydrogen) atoms. The highest BCUT2D eigenvalue weighted by Crippen LogP contribution is 2.31. The van der Waals surface area contributed by atoms with Crippen LogP contribution in [0.25, 0.3) is 0 Å². The quantitative estimate of drug-likeness (QED) is 0.792. The van der Waals surface area contributed by atoms with Crippen molar-refractivity contribution in [1.82, 2.24) is 15.1 Å². The molecule has 0 radical (unpaired) electrons. The van der Waals surface area contributed by atoms with Crippen LogP contribution in [0.1, 0.15) is 44.8 Å². The predicted molar refractivity (Wildman–Crippen MR) is 71.3 cm³/mol. The van der Waals surface area contributed by atoms with Crippen LogP contribution in [0.2, 0.25) is 0 Å². The third kappa shape index (κ3) is 3.46. The highest BCUT2D eigenvalue weighted by molar-refractivity contribution is 6.21. The lowest BCUT2D eigenvalue weighted by molar-refractivity contribution is 0.307. The number of alkyl halides is 1. The molecular weight excluding hydrogens is 234 g/mol. The van der Waals surface area contributed by atoms with Crippen LogP contribution in [0, 0.1) is 5.92 Å². The van der Waals surface area contributed by atoms with E-state index in [1.807, 2.05) is 0 Å². The first-order chi connectivity index (χ1) is 8.19. The van der Waals surface area contributed by atoms with Crippen molar-refractivity contribution < 1.29 is 0 Å². The minimum atomic E-state index is 0.423. The van der Waals surface area contributed by atoms with E-state index >= 15 is 0 Å². The molecule has 0 spiro atoms. The van der Waals surface area contributed by atoms with E-state index < -0.39 is 0 Å². The molecule has 3 nitrogen and oxygen atoms in total. The summed E-state index contributed by atoms with van der Waals surface area (Å²) in [5.41, 5.74) is 1.13. The highest BCUT2D eigenvalue weighted by Gasteiger charge is 2.26. The largest absolute Gasteiger partial charge is 0.311 e. The van der Waals surface area contributed by atoms with Crippen molar-refractivity contribution in [3.63, 3.8) is 0 Å². The van der Waals surface area contributed by atoms with Gasteiger partial charge in [-0.2, -0.15) is 5.10 Å². The summed E-state index contributed by atoms with van der Waals surface area (Å²) in [4.78, 5) is 0. The van der Waals surface area contributed by atoms with Crippen LogP contribution in [-0.4, -0.2) is 21.7 Å². The number of hydrogen-bond acceptors (Lipinski definition) is 2. The lowest BCUT2D eigenvalue weighted by Crippen LogP contribution is -2.33. The maximum atomic E-state index is 5.95. The summed E-state index contributed by atoms with van der Waals surface area (Å²) in [6, 6.07) is 2.59. The molecule has 0 amide bonds. The molecular formula is C13H22ClN3. The molecule has 96 valence electrons. The predicted octanol–water partition coefficient (Wildman–Crippen LogP) is 2.96. The molecule has 2 rings (SSSR count). The summed E-state index contributed by atoms with van der Waals surface area (Å²) in [6.07, 6.45) is 5.52. The number of hydrogen-bond donors (Lipinski definition) is 1. The van der Waals surface area contributed by atoms with Crippen LogP contribution in [0.3, 0.4) is 0 Å². The van der Waals surface area contributed by atoms with E-state index in [2.05, 4.69) is 41.2 Å². The number of nitrogens with one attached hydrogen (secondary N) is 1. The van der Waals surface area contributed by atoms with Gasteiger partial charge in [-0.25, -0.2) is 0 Å². The Morgan fingerprint density at radius 3 is 3.00 bits per heavy atom. The van der Waals surface area contributed by atoms with Gasteiger partial charge in [0.05, 0.1) is 5.69 Å². The lowest BCUT2D eigenvalue weighted by atomic mass is 9.85. The van der Waals surface area contributed by atoms with Crippen LogP contribution < -0.4 is 5.32 Å². The van der Waals surface area contributed by atoms with Crippen molar-refractivity contribution in [3.8, 4) is 0 Å². The third-order valence-electron chi connectivity index (χ3n) is 3.62. The van der Waals surface area contributed by atoms with Crippen molar-refractivity contribution >= 4 is 11.6 Å². The highest BCUT2D eigenvalue weighted by atomic mass is 35.5. The number of nitrogens with zero attached hydrogens (tertiary/aromatic N) is 2. The fraction of sp³-hybridized carbons (Fsp3) is 0.769. The zero-order valence-corrected chi connectivity index (χ0v) is 11.5. The Hall–Kier alpha value is -0.540. The molecule has 1 heterocycles. The Labute approximate surface area is 109 Å². The first-order valence-corrected chi connectivity index (χ1v) is 7.01. The molecule has 1 saturated carbocycles. The first-order valence-electron chi connectivity index (χ1n) is 6.57. The van der Waals surface area contributed by atoms with Gasteiger partial charge in [0.25, 0.3) is 0 Å². The number of rotatable bonds is 6. The maximum Gasteiger partial charge on any atom is 0.0762 e. The van der Waals surface area contributed by atoms with Gasteiger partial charge in [-0.3, -0.25) is 4.68 Å².